The maximum absolute atomic E-state index is 5.87. The highest BCUT2D eigenvalue weighted by Crippen LogP contribution is 2.27. The summed E-state index contributed by atoms with van der Waals surface area (Å²) in [5.41, 5.74) is 6.75. The topological polar surface area (TPSA) is 72.9 Å². The van der Waals surface area contributed by atoms with E-state index < -0.39 is 0 Å². The molecule has 3 rings (SSSR count). The summed E-state index contributed by atoms with van der Waals surface area (Å²) in [6, 6.07) is 0.386. The zero-order chi connectivity index (χ0) is 12.5. The lowest BCUT2D eigenvalue weighted by Crippen LogP contribution is -2.44. The molecule has 6 heteroatoms. The van der Waals surface area contributed by atoms with Crippen molar-refractivity contribution in [2.45, 2.75) is 25.3 Å². The van der Waals surface area contributed by atoms with Crippen LogP contribution in [0.25, 0.3) is 11.0 Å². The fraction of sp³-hybridized carbons (Fsp3) is 0.583. The molecule has 96 valence electrons. The molecular weight excluding hydrogens is 228 g/mol. The Hall–Kier alpha value is -1.69. The molecule has 1 atom stereocenters. The fourth-order valence-corrected chi connectivity index (χ4v) is 2.70. The summed E-state index contributed by atoms with van der Waals surface area (Å²) in [4.78, 5) is 11.0. The second-order valence-corrected chi connectivity index (χ2v) is 4.78. The van der Waals surface area contributed by atoms with Gasteiger partial charge in [-0.3, -0.25) is 4.68 Å². The molecule has 3 heterocycles. The second kappa shape index (κ2) is 4.53. The minimum Gasteiger partial charge on any atom is -0.352 e. The van der Waals surface area contributed by atoms with E-state index in [0.29, 0.717) is 12.6 Å². The zero-order valence-electron chi connectivity index (χ0n) is 10.6. The number of piperidine rings is 1. The molecule has 2 N–H and O–H groups in total. The third-order valence-electron chi connectivity index (χ3n) is 3.68. The number of aryl methyl sites for hydroxylation is 1. The molecule has 6 nitrogen and oxygen atoms in total. The van der Waals surface area contributed by atoms with E-state index in [-0.39, 0.29) is 0 Å². The average Bonchev–Trinajstić information content (AvgIpc) is 2.81. The average molecular weight is 246 g/mol. The first-order chi connectivity index (χ1) is 8.81. The van der Waals surface area contributed by atoms with E-state index in [0.717, 1.165) is 29.8 Å². The molecule has 2 aromatic rings. The highest BCUT2D eigenvalue weighted by Gasteiger charge is 2.24. The van der Waals surface area contributed by atoms with Crippen LogP contribution in [0.1, 0.15) is 19.3 Å². The van der Waals surface area contributed by atoms with Crippen LogP contribution in [0, 0.1) is 0 Å². The largest absolute Gasteiger partial charge is 0.352 e. The molecule has 1 saturated heterocycles. The number of anilines is 1. The summed E-state index contributed by atoms with van der Waals surface area (Å²) < 4.78 is 1.78. The Morgan fingerprint density at radius 3 is 3.11 bits per heavy atom. The van der Waals surface area contributed by atoms with Crippen molar-refractivity contribution >= 4 is 16.9 Å². The number of nitrogens with zero attached hydrogens (tertiary/aromatic N) is 5. The minimum absolute atomic E-state index is 0.386. The van der Waals surface area contributed by atoms with Crippen LogP contribution >= 0.6 is 0 Å². The zero-order valence-corrected chi connectivity index (χ0v) is 10.6. The first-order valence-electron chi connectivity index (χ1n) is 6.40. The molecule has 0 aromatic carbocycles. The van der Waals surface area contributed by atoms with E-state index in [1.54, 1.807) is 11.0 Å². The van der Waals surface area contributed by atoms with Gasteiger partial charge in [-0.2, -0.15) is 5.10 Å². The maximum Gasteiger partial charge on any atom is 0.163 e. The number of hydrogen-bond donors (Lipinski definition) is 1. The Labute approximate surface area is 106 Å². The van der Waals surface area contributed by atoms with Crippen LogP contribution in [0.4, 0.5) is 5.82 Å². The lowest BCUT2D eigenvalue weighted by Gasteiger charge is -2.36. The fourth-order valence-electron chi connectivity index (χ4n) is 2.70. The molecule has 0 unspecified atom stereocenters. The third kappa shape index (κ3) is 1.73. The number of rotatable bonds is 2. The van der Waals surface area contributed by atoms with Crippen molar-refractivity contribution < 1.29 is 0 Å². The molecule has 0 amide bonds. The number of nitrogens with two attached hydrogens (primary N) is 1. The normalized spacial score (nSPS) is 20.6. The van der Waals surface area contributed by atoms with E-state index >= 15 is 0 Å². The van der Waals surface area contributed by atoms with E-state index in [1.807, 2.05) is 13.2 Å². The van der Waals surface area contributed by atoms with Crippen LogP contribution in [0.15, 0.2) is 12.5 Å². The second-order valence-electron chi connectivity index (χ2n) is 4.78. The quantitative estimate of drug-likeness (QED) is 0.843. The molecule has 1 aliphatic heterocycles. The Morgan fingerprint density at radius 1 is 1.39 bits per heavy atom. The molecule has 2 aromatic heterocycles. The smallest absolute Gasteiger partial charge is 0.163 e. The Balaban J connectivity index is 2.07. The van der Waals surface area contributed by atoms with Gasteiger partial charge in [0.25, 0.3) is 0 Å². The van der Waals surface area contributed by atoms with Gasteiger partial charge in [-0.15, -0.1) is 0 Å². The van der Waals surface area contributed by atoms with E-state index in [4.69, 9.17) is 5.73 Å². The highest BCUT2D eigenvalue weighted by atomic mass is 15.3. The maximum atomic E-state index is 5.87. The van der Waals surface area contributed by atoms with Crippen molar-refractivity contribution in [2.75, 3.05) is 18.0 Å². The predicted molar refractivity (Wildman–Crippen MR) is 70.3 cm³/mol. The van der Waals surface area contributed by atoms with Gasteiger partial charge in [-0.1, -0.05) is 0 Å². The van der Waals surface area contributed by atoms with Gasteiger partial charge in [-0.25, -0.2) is 9.97 Å². The molecule has 0 spiro atoms. The van der Waals surface area contributed by atoms with Gasteiger partial charge in [0.05, 0.1) is 11.6 Å². The summed E-state index contributed by atoms with van der Waals surface area (Å²) in [5.74, 6) is 0.975. The first-order valence-corrected chi connectivity index (χ1v) is 6.40. The third-order valence-corrected chi connectivity index (χ3v) is 3.68. The summed E-state index contributed by atoms with van der Waals surface area (Å²) in [6.45, 7) is 1.69. The van der Waals surface area contributed by atoms with Crippen LogP contribution in [-0.2, 0) is 7.05 Å². The van der Waals surface area contributed by atoms with E-state index in [2.05, 4.69) is 20.0 Å². The Bertz CT molecular complexity index is 548. The summed E-state index contributed by atoms with van der Waals surface area (Å²) in [5, 5.41) is 5.27. The van der Waals surface area contributed by atoms with Crippen molar-refractivity contribution in [1.29, 1.82) is 0 Å². The summed E-state index contributed by atoms with van der Waals surface area (Å²) >= 11 is 0. The van der Waals surface area contributed by atoms with Gasteiger partial charge < -0.3 is 10.6 Å². The monoisotopic (exact) mass is 246 g/mol. The van der Waals surface area contributed by atoms with Gasteiger partial charge in [0.1, 0.15) is 12.1 Å². The molecule has 1 fully saturated rings. The number of aromatic nitrogens is 4. The van der Waals surface area contributed by atoms with Crippen LogP contribution in [-0.4, -0.2) is 38.9 Å². The van der Waals surface area contributed by atoms with E-state index in [9.17, 15) is 0 Å². The molecule has 1 aliphatic rings. The number of fused-ring (bicyclic) bond motifs is 1. The van der Waals surface area contributed by atoms with Crippen LogP contribution in [0.5, 0.6) is 0 Å². The number of hydrogen-bond acceptors (Lipinski definition) is 5. The minimum atomic E-state index is 0.386. The van der Waals surface area contributed by atoms with Gasteiger partial charge in [0.15, 0.2) is 5.65 Å². The molecule has 0 bridgehead atoms. The van der Waals surface area contributed by atoms with Gasteiger partial charge in [-0.05, 0) is 19.3 Å². The van der Waals surface area contributed by atoms with Crippen molar-refractivity contribution in [3.05, 3.63) is 12.5 Å². The summed E-state index contributed by atoms with van der Waals surface area (Å²) in [7, 11) is 1.90. The van der Waals surface area contributed by atoms with Gasteiger partial charge in [0.2, 0.25) is 0 Å². The van der Waals surface area contributed by atoms with Crippen LogP contribution < -0.4 is 10.6 Å². The Kier molecular flexibility index (Phi) is 2.87. The lowest BCUT2D eigenvalue weighted by molar-refractivity contribution is 0.463. The van der Waals surface area contributed by atoms with Crippen molar-refractivity contribution in [3.8, 4) is 0 Å². The molecule has 18 heavy (non-hydrogen) atoms. The molecule has 0 radical (unpaired) electrons. The lowest BCUT2D eigenvalue weighted by atomic mass is 10.0. The van der Waals surface area contributed by atoms with Gasteiger partial charge in [0, 0.05) is 26.2 Å². The SMILES string of the molecule is Cn1ncc2c(N3CCCC[C@H]3CN)ncnc21. The summed E-state index contributed by atoms with van der Waals surface area (Å²) in [6.07, 6.45) is 7.04. The first kappa shape index (κ1) is 11.4. The predicted octanol–water partition coefficient (Wildman–Crippen LogP) is 0.681. The van der Waals surface area contributed by atoms with Crippen LogP contribution in [0.2, 0.25) is 0 Å². The standard InChI is InChI=1S/C12H18N6/c1-17-11-10(7-16-17)12(15-8-14-11)18-5-3-2-4-9(18)6-13/h7-9H,2-6,13H2,1H3/t9-/m0/s1. The highest BCUT2D eigenvalue weighted by molar-refractivity contribution is 5.86. The Morgan fingerprint density at radius 2 is 2.28 bits per heavy atom. The van der Waals surface area contributed by atoms with Crippen molar-refractivity contribution in [3.63, 3.8) is 0 Å². The van der Waals surface area contributed by atoms with Crippen molar-refractivity contribution in [2.24, 2.45) is 12.8 Å². The van der Waals surface area contributed by atoms with Crippen molar-refractivity contribution in [1.82, 2.24) is 19.7 Å². The van der Waals surface area contributed by atoms with Crippen LogP contribution in [0.3, 0.4) is 0 Å². The van der Waals surface area contributed by atoms with Gasteiger partial charge >= 0.3 is 0 Å². The molecule has 0 aliphatic carbocycles. The molecule has 0 saturated carbocycles. The van der Waals surface area contributed by atoms with E-state index in [1.165, 1.54) is 12.8 Å². The molecular formula is C12H18N6.